The number of hydrogen-bond donors (Lipinski definition) is 1. The molecule has 0 saturated heterocycles. The number of ether oxygens (including phenoxy) is 2. The lowest BCUT2D eigenvalue weighted by molar-refractivity contribution is -0.119. The monoisotopic (exact) mass is 506 g/mol. The number of nitrogens with zero attached hydrogens (tertiary/aromatic N) is 5. The van der Waals surface area contributed by atoms with Gasteiger partial charge in [-0.1, -0.05) is 66.7 Å². The molecule has 0 unspecified atom stereocenters. The molecule has 6 aromatic rings. The molecule has 0 saturated carbocycles. The molecule has 38 heavy (non-hydrogen) atoms. The Bertz CT molecular complexity index is 1860. The van der Waals surface area contributed by atoms with E-state index in [1.807, 2.05) is 66.7 Å². The highest BCUT2D eigenvalue weighted by Gasteiger charge is 2.20. The first-order valence-corrected chi connectivity index (χ1v) is 11.9. The predicted octanol–water partition coefficient (Wildman–Crippen LogP) is 3.55. The minimum absolute atomic E-state index is 0.0568. The summed E-state index contributed by atoms with van der Waals surface area (Å²) < 4.78 is 13.7. The fraction of sp³-hybridized carbons (Fsp3) is 0.107. The van der Waals surface area contributed by atoms with Gasteiger partial charge in [-0.25, -0.2) is 9.19 Å². The maximum atomic E-state index is 13.2. The second-order valence-electron chi connectivity index (χ2n) is 8.58. The van der Waals surface area contributed by atoms with Gasteiger partial charge in [0.1, 0.15) is 11.3 Å². The van der Waals surface area contributed by atoms with Crippen molar-refractivity contribution in [1.29, 1.82) is 0 Å². The molecule has 10 heteroatoms. The number of nitrogens with one attached hydrogen (secondary N) is 1. The molecule has 3 aromatic carbocycles. The largest absolute Gasteiger partial charge is 0.483 e. The number of carbonyl (C=O) groups excluding carboxylic acids is 1. The number of amides is 1. The molecule has 0 aliphatic rings. The molecule has 0 bridgehead atoms. The number of methoxy groups -OCH3 is 1. The number of benzene rings is 3. The number of hydrogen-bond acceptors (Lipinski definition) is 7. The fourth-order valence-electron chi connectivity index (χ4n) is 4.45. The summed E-state index contributed by atoms with van der Waals surface area (Å²) in [5.41, 5.74) is 5.39. The van der Waals surface area contributed by atoms with Crippen LogP contribution in [0, 0.1) is 0 Å². The molecule has 3 aromatic heterocycles. The number of pyridine rings is 1. The van der Waals surface area contributed by atoms with Crippen LogP contribution in [0.3, 0.4) is 0 Å². The van der Waals surface area contributed by atoms with Gasteiger partial charge in [-0.2, -0.15) is 5.10 Å². The van der Waals surface area contributed by atoms with E-state index in [-0.39, 0.29) is 18.7 Å². The summed E-state index contributed by atoms with van der Waals surface area (Å²) in [6, 6.07) is 24.7. The summed E-state index contributed by atoms with van der Waals surface area (Å²) in [7, 11) is 1.59. The highest BCUT2D eigenvalue weighted by atomic mass is 16.5. The molecule has 0 radical (unpaired) electrons. The van der Waals surface area contributed by atoms with Crippen molar-refractivity contribution in [3.8, 4) is 16.9 Å². The number of fused-ring (bicyclic) bond motifs is 4. The normalized spacial score (nSPS) is 11.3. The second kappa shape index (κ2) is 9.75. The minimum atomic E-state index is -0.541. The Morgan fingerprint density at radius 2 is 1.74 bits per heavy atom. The molecule has 0 atom stereocenters. The van der Waals surface area contributed by atoms with Gasteiger partial charge in [0, 0.05) is 18.7 Å². The van der Waals surface area contributed by atoms with E-state index in [0.717, 1.165) is 26.6 Å². The molecule has 0 aliphatic heterocycles. The molecular formula is C28H22N6O4. The third kappa shape index (κ3) is 4.12. The quantitative estimate of drug-likeness (QED) is 0.352. The first kappa shape index (κ1) is 23.3. The van der Waals surface area contributed by atoms with Crippen molar-refractivity contribution in [1.82, 2.24) is 24.5 Å². The van der Waals surface area contributed by atoms with Crippen LogP contribution in [0.2, 0.25) is 0 Å². The van der Waals surface area contributed by atoms with Gasteiger partial charge >= 0.3 is 0 Å². The van der Waals surface area contributed by atoms with Crippen LogP contribution in [0.25, 0.3) is 38.6 Å². The summed E-state index contributed by atoms with van der Waals surface area (Å²) in [4.78, 5) is 25.8. The van der Waals surface area contributed by atoms with Crippen molar-refractivity contribution >= 4 is 33.4 Å². The predicted molar refractivity (Wildman–Crippen MR) is 143 cm³/mol. The van der Waals surface area contributed by atoms with Crippen LogP contribution < -0.4 is 15.7 Å². The SMILES string of the molecule is COCc1nn2c(nnc3c(=O)n(NC(=O)COc4cccc5ccccc45)ccc32)c1-c1ccccc1. The number of aromatic nitrogens is 5. The zero-order valence-corrected chi connectivity index (χ0v) is 20.4. The lowest BCUT2D eigenvalue weighted by atomic mass is 10.1. The Morgan fingerprint density at radius 1 is 0.947 bits per heavy atom. The first-order valence-electron chi connectivity index (χ1n) is 11.9. The van der Waals surface area contributed by atoms with Crippen LogP contribution in [0.15, 0.2) is 89.9 Å². The van der Waals surface area contributed by atoms with Crippen molar-refractivity contribution in [2.24, 2.45) is 0 Å². The van der Waals surface area contributed by atoms with Gasteiger partial charge < -0.3 is 9.47 Å². The first-order chi connectivity index (χ1) is 18.6. The van der Waals surface area contributed by atoms with Crippen molar-refractivity contribution in [3.05, 3.63) is 101 Å². The van der Waals surface area contributed by atoms with Gasteiger partial charge in [0.15, 0.2) is 17.8 Å². The Labute approximate surface area is 216 Å². The van der Waals surface area contributed by atoms with E-state index >= 15 is 0 Å². The molecule has 0 aliphatic carbocycles. The van der Waals surface area contributed by atoms with Gasteiger partial charge in [0.25, 0.3) is 11.5 Å². The third-order valence-corrected chi connectivity index (χ3v) is 6.15. The van der Waals surface area contributed by atoms with Crippen LogP contribution in [0.4, 0.5) is 0 Å². The van der Waals surface area contributed by atoms with Crippen LogP contribution in [0.1, 0.15) is 5.69 Å². The fourth-order valence-corrected chi connectivity index (χ4v) is 4.45. The Morgan fingerprint density at radius 3 is 2.58 bits per heavy atom. The minimum Gasteiger partial charge on any atom is -0.483 e. The average Bonchev–Trinajstić information content (AvgIpc) is 3.32. The maximum absolute atomic E-state index is 13.2. The molecule has 188 valence electrons. The topological polar surface area (TPSA) is 113 Å². The third-order valence-electron chi connectivity index (χ3n) is 6.15. The summed E-state index contributed by atoms with van der Waals surface area (Å²) in [5.74, 6) is 0.0818. The lowest BCUT2D eigenvalue weighted by Gasteiger charge is -2.11. The van der Waals surface area contributed by atoms with Gasteiger partial charge in [0.2, 0.25) is 0 Å². The standard InChI is InChI=1S/C28H22N6O4/c1-37-16-21-25(19-9-3-2-4-10-19)27-30-29-26-22(34(27)31-21)14-15-33(28(26)36)32-24(35)17-38-23-13-7-11-18-8-5-6-12-20(18)23/h2-15H,16-17H2,1H3,(H,32,35). The second-order valence-corrected chi connectivity index (χ2v) is 8.58. The van der Waals surface area contributed by atoms with E-state index in [1.54, 1.807) is 23.8 Å². The summed E-state index contributed by atoms with van der Waals surface area (Å²) in [6.45, 7) is -0.0118. The molecule has 3 heterocycles. The van der Waals surface area contributed by atoms with Crippen molar-refractivity contribution in [3.63, 3.8) is 0 Å². The van der Waals surface area contributed by atoms with E-state index in [4.69, 9.17) is 9.47 Å². The maximum Gasteiger partial charge on any atom is 0.299 e. The molecular weight excluding hydrogens is 484 g/mol. The van der Waals surface area contributed by atoms with E-state index in [2.05, 4.69) is 20.7 Å². The van der Waals surface area contributed by atoms with E-state index in [0.29, 0.717) is 22.6 Å². The van der Waals surface area contributed by atoms with E-state index in [9.17, 15) is 9.59 Å². The Balaban J connectivity index is 1.30. The number of rotatable bonds is 7. The lowest BCUT2D eigenvalue weighted by Crippen LogP contribution is -2.35. The molecule has 10 nitrogen and oxygen atoms in total. The van der Waals surface area contributed by atoms with Crippen molar-refractivity contribution < 1.29 is 14.3 Å². The Kier molecular flexibility index (Phi) is 5.98. The van der Waals surface area contributed by atoms with Crippen LogP contribution >= 0.6 is 0 Å². The smallest absolute Gasteiger partial charge is 0.299 e. The summed E-state index contributed by atoms with van der Waals surface area (Å²) in [6.07, 6.45) is 1.46. The zero-order chi connectivity index (χ0) is 26.1. The van der Waals surface area contributed by atoms with Crippen LogP contribution in [-0.2, 0) is 16.1 Å². The number of carbonyl (C=O) groups is 1. The summed E-state index contributed by atoms with van der Waals surface area (Å²) >= 11 is 0. The van der Waals surface area contributed by atoms with Gasteiger partial charge in [-0.3, -0.25) is 15.0 Å². The summed E-state index contributed by atoms with van der Waals surface area (Å²) in [5, 5.41) is 15.1. The van der Waals surface area contributed by atoms with Gasteiger partial charge in [-0.15, -0.1) is 10.2 Å². The molecule has 1 N–H and O–H groups in total. The van der Waals surface area contributed by atoms with Gasteiger partial charge in [0.05, 0.1) is 17.9 Å². The molecule has 0 spiro atoms. The highest BCUT2D eigenvalue weighted by Crippen LogP contribution is 2.29. The Hall–Kier alpha value is -5.09. The van der Waals surface area contributed by atoms with Crippen molar-refractivity contribution in [2.75, 3.05) is 19.1 Å². The van der Waals surface area contributed by atoms with Gasteiger partial charge in [-0.05, 0) is 23.1 Å². The van der Waals surface area contributed by atoms with E-state index < -0.39 is 11.5 Å². The molecule has 0 fully saturated rings. The van der Waals surface area contributed by atoms with E-state index in [1.165, 1.54) is 6.20 Å². The average molecular weight is 507 g/mol. The molecule has 1 amide bonds. The highest BCUT2D eigenvalue weighted by molar-refractivity contribution is 5.90. The van der Waals surface area contributed by atoms with Crippen LogP contribution in [-0.4, -0.2) is 44.1 Å². The van der Waals surface area contributed by atoms with Crippen LogP contribution in [0.5, 0.6) is 5.75 Å². The van der Waals surface area contributed by atoms with Crippen molar-refractivity contribution in [2.45, 2.75) is 6.61 Å². The molecule has 6 rings (SSSR count). The zero-order valence-electron chi connectivity index (χ0n) is 20.4.